The summed E-state index contributed by atoms with van der Waals surface area (Å²) in [7, 11) is 0. The Morgan fingerprint density at radius 2 is 1.88 bits per heavy atom. The van der Waals surface area contributed by atoms with Gasteiger partial charge in [-0.05, 0) is 36.5 Å². The summed E-state index contributed by atoms with van der Waals surface area (Å²) in [5.41, 5.74) is 2.16. The van der Waals surface area contributed by atoms with Crippen molar-refractivity contribution in [3.05, 3.63) is 29.8 Å². The molecule has 0 radical (unpaired) electrons. The van der Waals surface area contributed by atoms with Gasteiger partial charge in [-0.3, -0.25) is 0 Å². The first-order chi connectivity index (χ1) is 8.28. The Kier molecular flexibility index (Phi) is 2.81. The average molecular weight is 233 g/mol. The maximum atomic E-state index is 9.89. The van der Waals surface area contributed by atoms with Gasteiger partial charge in [0, 0.05) is 24.7 Å². The van der Waals surface area contributed by atoms with E-state index in [-0.39, 0.29) is 12.7 Å². The number of rotatable bonds is 2. The molecule has 2 fully saturated rings. The van der Waals surface area contributed by atoms with Gasteiger partial charge in [-0.1, -0.05) is 12.1 Å². The highest BCUT2D eigenvalue weighted by Crippen LogP contribution is 2.39. The molecule has 1 saturated heterocycles. The Balaban J connectivity index is 1.73. The van der Waals surface area contributed by atoms with Crippen LogP contribution in [-0.2, 0) is 6.61 Å². The van der Waals surface area contributed by atoms with Crippen molar-refractivity contribution >= 4 is 5.69 Å². The quantitative estimate of drug-likeness (QED) is 0.811. The molecule has 3 heteroatoms. The maximum Gasteiger partial charge on any atom is 0.0681 e. The highest BCUT2D eigenvalue weighted by atomic mass is 16.3. The molecule has 1 aromatic rings. The molecule has 0 aromatic heterocycles. The molecule has 1 aromatic carbocycles. The van der Waals surface area contributed by atoms with Crippen LogP contribution in [0.25, 0.3) is 0 Å². The van der Waals surface area contributed by atoms with E-state index in [1.807, 2.05) is 12.1 Å². The molecule has 1 aliphatic heterocycles. The molecule has 0 spiro atoms. The van der Waals surface area contributed by atoms with E-state index in [0.29, 0.717) is 11.8 Å². The third-order valence-electron chi connectivity index (χ3n) is 4.30. The number of fused-ring (bicyclic) bond motifs is 1. The molecule has 0 bridgehead atoms. The second-order valence-electron chi connectivity index (χ2n) is 5.30. The molecule has 3 atom stereocenters. The normalized spacial score (nSPS) is 31.9. The summed E-state index contributed by atoms with van der Waals surface area (Å²) < 4.78 is 0. The standard InChI is InChI=1S/C14H19NO2/c16-9-10-1-4-12(5-2-10)15-7-11-3-6-14(17)13(11)8-15/h1-2,4-5,11,13-14,16-17H,3,6-9H2. The van der Waals surface area contributed by atoms with Gasteiger partial charge in [0.05, 0.1) is 12.7 Å². The lowest BCUT2D eigenvalue weighted by Crippen LogP contribution is -2.24. The zero-order valence-electron chi connectivity index (χ0n) is 9.92. The minimum absolute atomic E-state index is 0.0956. The van der Waals surface area contributed by atoms with E-state index in [4.69, 9.17) is 5.11 Å². The van der Waals surface area contributed by atoms with Crippen molar-refractivity contribution < 1.29 is 10.2 Å². The van der Waals surface area contributed by atoms with Crippen LogP contribution in [0, 0.1) is 11.8 Å². The molecule has 3 unspecified atom stereocenters. The second kappa shape index (κ2) is 4.31. The van der Waals surface area contributed by atoms with Crippen LogP contribution in [0.5, 0.6) is 0 Å². The van der Waals surface area contributed by atoms with Crippen molar-refractivity contribution in [2.24, 2.45) is 11.8 Å². The summed E-state index contributed by atoms with van der Waals surface area (Å²) in [5.74, 6) is 1.13. The maximum absolute atomic E-state index is 9.89. The molecule has 1 heterocycles. The van der Waals surface area contributed by atoms with Gasteiger partial charge >= 0.3 is 0 Å². The zero-order valence-corrected chi connectivity index (χ0v) is 9.92. The average Bonchev–Trinajstić information content (AvgIpc) is 2.92. The molecular weight excluding hydrogens is 214 g/mol. The predicted octanol–water partition coefficient (Wildman–Crippen LogP) is 1.39. The lowest BCUT2D eigenvalue weighted by molar-refractivity contribution is 0.133. The van der Waals surface area contributed by atoms with Crippen LogP contribution in [-0.4, -0.2) is 29.4 Å². The fourth-order valence-electron chi connectivity index (χ4n) is 3.26. The van der Waals surface area contributed by atoms with Gasteiger partial charge in [0.2, 0.25) is 0 Å². The second-order valence-corrected chi connectivity index (χ2v) is 5.30. The lowest BCUT2D eigenvalue weighted by atomic mass is 10.00. The number of nitrogens with zero attached hydrogens (tertiary/aromatic N) is 1. The molecule has 92 valence electrons. The van der Waals surface area contributed by atoms with Gasteiger partial charge < -0.3 is 15.1 Å². The number of benzene rings is 1. The van der Waals surface area contributed by atoms with E-state index in [0.717, 1.165) is 31.5 Å². The van der Waals surface area contributed by atoms with Crippen LogP contribution >= 0.6 is 0 Å². The third-order valence-corrected chi connectivity index (χ3v) is 4.30. The molecular formula is C14H19NO2. The number of anilines is 1. The number of hydrogen-bond donors (Lipinski definition) is 2. The smallest absolute Gasteiger partial charge is 0.0681 e. The van der Waals surface area contributed by atoms with Gasteiger partial charge in [-0.15, -0.1) is 0 Å². The Bertz CT molecular complexity index is 390. The zero-order chi connectivity index (χ0) is 11.8. The van der Waals surface area contributed by atoms with Crippen LogP contribution in [0.1, 0.15) is 18.4 Å². The Morgan fingerprint density at radius 1 is 1.12 bits per heavy atom. The molecule has 0 amide bonds. The van der Waals surface area contributed by atoms with Gasteiger partial charge in [0.1, 0.15) is 0 Å². The van der Waals surface area contributed by atoms with E-state index < -0.39 is 0 Å². The summed E-state index contributed by atoms with van der Waals surface area (Å²) in [5, 5.41) is 18.9. The van der Waals surface area contributed by atoms with Crippen LogP contribution in [0.2, 0.25) is 0 Å². The van der Waals surface area contributed by atoms with Crippen molar-refractivity contribution in [1.29, 1.82) is 0 Å². The van der Waals surface area contributed by atoms with Crippen LogP contribution in [0.4, 0.5) is 5.69 Å². The summed E-state index contributed by atoms with van der Waals surface area (Å²) in [4.78, 5) is 2.36. The molecule has 2 N–H and O–H groups in total. The summed E-state index contributed by atoms with van der Waals surface area (Å²) in [6.45, 7) is 2.15. The van der Waals surface area contributed by atoms with E-state index in [1.165, 1.54) is 5.69 Å². The first kappa shape index (κ1) is 11.1. The van der Waals surface area contributed by atoms with Gasteiger partial charge in [0.25, 0.3) is 0 Å². The van der Waals surface area contributed by atoms with Gasteiger partial charge in [-0.2, -0.15) is 0 Å². The highest BCUT2D eigenvalue weighted by molar-refractivity contribution is 5.49. The van der Waals surface area contributed by atoms with E-state index in [1.54, 1.807) is 0 Å². The third kappa shape index (κ3) is 1.94. The Labute approximate surface area is 102 Å². The van der Waals surface area contributed by atoms with Crippen LogP contribution in [0.3, 0.4) is 0 Å². The first-order valence-corrected chi connectivity index (χ1v) is 6.41. The molecule has 17 heavy (non-hydrogen) atoms. The predicted molar refractivity (Wildman–Crippen MR) is 66.8 cm³/mol. The van der Waals surface area contributed by atoms with Crippen molar-refractivity contribution in [1.82, 2.24) is 0 Å². The topological polar surface area (TPSA) is 43.7 Å². The van der Waals surface area contributed by atoms with Gasteiger partial charge in [0.15, 0.2) is 0 Å². The Morgan fingerprint density at radius 3 is 2.53 bits per heavy atom. The summed E-state index contributed by atoms with van der Waals surface area (Å²) >= 11 is 0. The van der Waals surface area contributed by atoms with Gasteiger partial charge in [-0.25, -0.2) is 0 Å². The fraction of sp³-hybridized carbons (Fsp3) is 0.571. The number of aliphatic hydroxyl groups is 2. The largest absolute Gasteiger partial charge is 0.393 e. The van der Waals surface area contributed by atoms with Crippen LogP contribution < -0.4 is 4.90 Å². The van der Waals surface area contributed by atoms with Crippen LogP contribution in [0.15, 0.2) is 24.3 Å². The monoisotopic (exact) mass is 233 g/mol. The SMILES string of the molecule is OCc1ccc(N2CC3CCC(O)C3C2)cc1. The fourth-order valence-corrected chi connectivity index (χ4v) is 3.26. The summed E-state index contributed by atoms with van der Waals surface area (Å²) in [6, 6.07) is 8.08. The minimum atomic E-state index is -0.0956. The van der Waals surface area contributed by atoms with E-state index in [9.17, 15) is 5.11 Å². The van der Waals surface area contributed by atoms with Crippen molar-refractivity contribution in [3.8, 4) is 0 Å². The van der Waals surface area contributed by atoms with Crippen molar-refractivity contribution in [2.75, 3.05) is 18.0 Å². The van der Waals surface area contributed by atoms with Crippen molar-refractivity contribution in [2.45, 2.75) is 25.6 Å². The summed E-state index contributed by atoms with van der Waals surface area (Å²) in [6.07, 6.45) is 2.05. The van der Waals surface area contributed by atoms with Crippen molar-refractivity contribution in [3.63, 3.8) is 0 Å². The first-order valence-electron chi connectivity index (χ1n) is 6.41. The molecule has 1 saturated carbocycles. The number of aliphatic hydroxyl groups excluding tert-OH is 2. The highest BCUT2D eigenvalue weighted by Gasteiger charge is 2.41. The van der Waals surface area contributed by atoms with E-state index >= 15 is 0 Å². The Hall–Kier alpha value is -1.06. The molecule has 3 rings (SSSR count). The number of hydrogen-bond acceptors (Lipinski definition) is 3. The molecule has 2 aliphatic rings. The minimum Gasteiger partial charge on any atom is -0.393 e. The molecule has 1 aliphatic carbocycles. The lowest BCUT2D eigenvalue weighted by Gasteiger charge is -2.20. The van der Waals surface area contributed by atoms with E-state index in [2.05, 4.69) is 17.0 Å². The molecule has 3 nitrogen and oxygen atoms in total.